The first kappa shape index (κ1) is 20.4. The van der Waals surface area contributed by atoms with E-state index >= 15 is 0 Å². The minimum atomic E-state index is -0.317. The summed E-state index contributed by atoms with van der Waals surface area (Å²) in [6, 6.07) is 9.65. The van der Waals surface area contributed by atoms with Crippen LogP contribution in [0, 0.1) is 12.7 Å². The second-order valence-electron chi connectivity index (χ2n) is 8.32. The molecule has 6 nitrogen and oxygen atoms in total. The maximum atomic E-state index is 14.1. The van der Waals surface area contributed by atoms with Crippen LogP contribution in [0.5, 0.6) is 5.75 Å². The molecule has 166 valence electrons. The molecule has 5 aromatic rings. The molecule has 3 heterocycles. The van der Waals surface area contributed by atoms with Gasteiger partial charge in [0.15, 0.2) is 11.5 Å². The first-order chi connectivity index (χ1) is 15.9. The second-order valence-corrected chi connectivity index (χ2v) is 9.73. The maximum Gasteiger partial charge on any atom is 0.263 e. The fraction of sp³-hybridized carbons (Fsp3) is 0.208. The largest absolute Gasteiger partial charge is 0.505 e. The zero-order chi connectivity index (χ0) is 22.9. The summed E-state index contributed by atoms with van der Waals surface area (Å²) in [5.41, 5.74) is 1.99. The van der Waals surface area contributed by atoms with Gasteiger partial charge in [-0.25, -0.2) is 9.37 Å². The van der Waals surface area contributed by atoms with Gasteiger partial charge >= 0.3 is 0 Å². The molecule has 0 atom stereocenters. The molecule has 0 unspecified atom stereocenters. The number of phenols is 1. The lowest BCUT2D eigenvalue weighted by molar-refractivity contribution is 0.372. The van der Waals surface area contributed by atoms with Crippen molar-refractivity contribution in [2.75, 3.05) is 0 Å². The van der Waals surface area contributed by atoms with Crippen molar-refractivity contribution in [2.45, 2.75) is 32.2 Å². The number of hydrogen-bond acceptors (Lipinski definition) is 6. The fourth-order valence-corrected chi connectivity index (χ4v) is 5.58. The van der Waals surface area contributed by atoms with E-state index < -0.39 is 0 Å². The second kappa shape index (κ2) is 7.40. The highest BCUT2D eigenvalue weighted by Gasteiger charge is 2.29. The van der Waals surface area contributed by atoms with E-state index in [-0.39, 0.29) is 34.6 Å². The molecule has 9 heteroatoms. The topological polar surface area (TPSA) is 81.1 Å². The molecule has 6 rings (SSSR count). The van der Waals surface area contributed by atoms with Crippen LogP contribution in [0.4, 0.5) is 4.39 Å². The highest BCUT2D eigenvalue weighted by molar-refractivity contribution is 7.25. The third-order valence-corrected chi connectivity index (χ3v) is 7.36. The molecule has 0 amide bonds. The van der Waals surface area contributed by atoms with E-state index in [1.807, 2.05) is 6.92 Å². The lowest BCUT2D eigenvalue weighted by Gasteiger charge is -2.14. The molecule has 0 aliphatic heterocycles. The summed E-state index contributed by atoms with van der Waals surface area (Å²) in [7, 11) is 0. The number of nitrogens with zero attached hydrogens (tertiary/aromatic N) is 3. The van der Waals surface area contributed by atoms with Gasteiger partial charge in [-0.15, -0.1) is 11.3 Å². The van der Waals surface area contributed by atoms with E-state index in [1.165, 1.54) is 23.5 Å². The Morgan fingerprint density at radius 3 is 2.82 bits per heavy atom. The number of aryl methyl sites for hydroxylation is 1. The average Bonchev–Trinajstić information content (AvgIpc) is 3.45. The number of benzene rings is 2. The van der Waals surface area contributed by atoms with Crippen molar-refractivity contribution in [2.24, 2.45) is 0 Å². The summed E-state index contributed by atoms with van der Waals surface area (Å²) in [5, 5.41) is 15.6. The number of aromatic nitrogens is 3. The number of fused-ring (bicyclic) bond motifs is 3. The van der Waals surface area contributed by atoms with E-state index in [0.29, 0.717) is 43.1 Å². The molecule has 0 saturated heterocycles. The Labute approximate surface area is 195 Å². The van der Waals surface area contributed by atoms with E-state index in [1.54, 1.807) is 28.8 Å². The van der Waals surface area contributed by atoms with E-state index in [2.05, 4.69) is 5.16 Å². The predicted molar refractivity (Wildman–Crippen MR) is 126 cm³/mol. The predicted octanol–water partition coefficient (Wildman–Crippen LogP) is 6.00. The number of aromatic hydroxyl groups is 1. The zero-order valence-electron chi connectivity index (χ0n) is 17.4. The number of phenolic OH excluding ortho intramolecular Hbond substituents is 1. The lowest BCUT2D eigenvalue weighted by atomic mass is 10.0. The van der Waals surface area contributed by atoms with Gasteiger partial charge in [0.05, 0.1) is 27.3 Å². The van der Waals surface area contributed by atoms with Crippen LogP contribution in [-0.4, -0.2) is 19.8 Å². The molecular formula is C24H17ClFN3O3S. The van der Waals surface area contributed by atoms with Crippen LogP contribution in [0.25, 0.3) is 31.7 Å². The minimum absolute atomic E-state index is 0.0732. The van der Waals surface area contributed by atoms with Crippen LogP contribution >= 0.6 is 22.9 Å². The van der Waals surface area contributed by atoms with Crippen molar-refractivity contribution in [1.82, 2.24) is 14.7 Å². The third kappa shape index (κ3) is 3.32. The Morgan fingerprint density at radius 2 is 2.09 bits per heavy atom. The molecule has 1 aliphatic rings. The Morgan fingerprint density at radius 1 is 1.27 bits per heavy atom. The summed E-state index contributed by atoms with van der Waals surface area (Å²) in [4.78, 5) is 19.2. The summed E-state index contributed by atoms with van der Waals surface area (Å²) in [6.07, 6.45) is 1.94. The van der Waals surface area contributed by atoms with Crippen molar-refractivity contribution in [3.8, 4) is 17.1 Å². The van der Waals surface area contributed by atoms with Gasteiger partial charge in [0, 0.05) is 17.0 Å². The van der Waals surface area contributed by atoms with Crippen LogP contribution in [-0.2, 0) is 6.54 Å². The van der Waals surface area contributed by atoms with Crippen molar-refractivity contribution < 1.29 is 14.0 Å². The van der Waals surface area contributed by atoms with Crippen LogP contribution in [0.3, 0.4) is 0 Å². The number of hydrogen-bond donors (Lipinski definition) is 1. The van der Waals surface area contributed by atoms with E-state index in [4.69, 9.17) is 21.1 Å². The number of halogens is 2. The summed E-state index contributed by atoms with van der Waals surface area (Å²) >= 11 is 7.31. The van der Waals surface area contributed by atoms with Crippen LogP contribution < -0.4 is 5.56 Å². The van der Waals surface area contributed by atoms with Gasteiger partial charge in [-0.05, 0) is 55.5 Å². The smallest absolute Gasteiger partial charge is 0.263 e. The Kier molecular flexibility index (Phi) is 4.57. The van der Waals surface area contributed by atoms with Gasteiger partial charge in [0.2, 0.25) is 0 Å². The molecule has 1 saturated carbocycles. The van der Waals surface area contributed by atoms with Gasteiger partial charge in [-0.1, -0.05) is 22.8 Å². The molecule has 3 aromatic heterocycles. The van der Waals surface area contributed by atoms with Crippen LogP contribution in [0.1, 0.15) is 35.8 Å². The highest BCUT2D eigenvalue weighted by atomic mass is 35.5. The van der Waals surface area contributed by atoms with Gasteiger partial charge in [0.1, 0.15) is 16.5 Å². The first-order valence-corrected chi connectivity index (χ1v) is 11.7. The molecule has 33 heavy (non-hydrogen) atoms. The maximum absolute atomic E-state index is 14.1. The summed E-state index contributed by atoms with van der Waals surface area (Å²) in [6.45, 7) is 1.93. The van der Waals surface area contributed by atoms with Crippen molar-refractivity contribution in [1.29, 1.82) is 0 Å². The quantitative estimate of drug-likeness (QED) is 0.340. The normalized spacial score (nSPS) is 13.9. The molecule has 0 bridgehead atoms. The minimum Gasteiger partial charge on any atom is -0.505 e. The van der Waals surface area contributed by atoms with Gasteiger partial charge in [0.25, 0.3) is 5.56 Å². The fourth-order valence-electron chi connectivity index (χ4n) is 4.25. The molecule has 0 radical (unpaired) electrons. The third-order valence-electron chi connectivity index (χ3n) is 5.95. The Hall–Kier alpha value is -3.23. The lowest BCUT2D eigenvalue weighted by Crippen LogP contribution is -2.24. The standard InChI is InChI=1S/C24H17ClFN3O3S/c1-11-8-14(32-28-11)10-29-22(15-5-4-13(26)9-17(15)12-2-3-12)27-23-19(24(29)31)16-6-7-18(25)20(30)21(16)33-23/h4-9,12,30H,2-3,10H2,1H3. The molecule has 1 N–H and O–H groups in total. The molecule has 1 fully saturated rings. The van der Waals surface area contributed by atoms with Gasteiger partial charge in [-0.3, -0.25) is 9.36 Å². The van der Waals surface area contributed by atoms with Crippen molar-refractivity contribution in [3.05, 3.63) is 74.6 Å². The highest BCUT2D eigenvalue weighted by Crippen LogP contribution is 2.45. The Balaban J connectivity index is 1.69. The molecule has 0 spiro atoms. The van der Waals surface area contributed by atoms with Crippen molar-refractivity contribution in [3.63, 3.8) is 0 Å². The van der Waals surface area contributed by atoms with Gasteiger partial charge < -0.3 is 9.63 Å². The van der Waals surface area contributed by atoms with Crippen LogP contribution in [0.2, 0.25) is 5.02 Å². The average molecular weight is 482 g/mol. The van der Waals surface area contributed by atoms with Crippen LogP contribution in [0.15, 0.2) is 45.7 Å². The number of rotatable bonds is 4. The molecule has 1 aliphatic carbocycles. The first-order valence-electron chi connectivity index (χ1n) is 10.5. The van der Waals surface area contributed by atoms with E-state index in [9.17, 15) is 14.3 Å². The summed E-state index contributed by atoms with van der Waals surface area (Å²) in [5.74, 6) is 0.798. The molecular weight excluding hydrogens is 465 g/mol. The van der Waals surface area contributed by atoms with Gasteiger partial charge in [-0.2, -0.15) is 0 Å². The summed E-state index contributed by atoms with van der Waals surface area (Å²) < 4.78 is 21.5. The zero-order valence-corrected chi connectivity index (χ0v) is 19.0. The SMILES string of the molecule is Cc1cc(Cn2c(-c3ccc(F)cc3C3CC3)nc3sc4c(O)c(Cl)ccc4c3c2=O)on1. The molecule has 2 aromatic carbocycles. The monoisotopic (exact) mass is 481 g/mol. The number of thiophene rings is 1. The van der Waals surface area contributed by atoms with Crippen molar-refractivity contribution >= 4 is 43.2 Å². The van der Waals surface area contributed by atoms with E-state index in [0.717, 1.165) is 18.4 Å². The Bertz CT molecular complexity index is 1630.